The molecule has 0 spiro atoms. The van der Waals surface area contributed by atoms with E-state index >= 15 is 0 Å². The lowest BCUT2D eigenvalue weighted by Gasteiger charge is -2.11. The van der Waals surface area contributed by atoms with Crippen molar-refractivity contribution in [1.29, 1.82) is 0 Å². The van der Waals surface area contributed by atoms with Gasteiger partial charge < -0.3 is 19.5 Å². The van der Waals surface area contributed by atoms with Gasteiger partial charge in [-0.05, 0) is 58.8 Å². The lowest BCUT2D eigenvalue weighted by atomic mass is 10.1. The van der Waals surface area contributed by atoms with Gasteiger partial charge in [-0.2, -0.15) is 0 Å². The summed E-state index contributed by atoms with van der Waals surface area (Å²) in [5.41, 5.74) is 1.47. The van der Waals surface area contributed by atoms with Crippen molar-refractivity contribution in [3.8, 4) is 17.2 Å². The van der Waals surface area contributed by atoms with E-state index in [4.69, 9.17) is 14.2 Å². The molecule has 0 bridgehead atoms. The van der Waals surface area contributed by atoms with Crippen molar-refractivity contribution in [3.05, 3.63) is 102 Å². The molecule has 4 aromatic carbocycles. The van der Waals surface area contributed by atoms with Crippen LogP contribution in [0, 0.1) is 6.07 Å². The van der Waals surface area contributed by atoms with Crippen LogP contribution in [0.15, 0.2) is 84.9 Å². The summed E-state index contributed by atoms with van der Waals surface area (Å²) in [6.45, 7) is 1.17. The molecular weight excluding hydrogens is 402 g/mol. The summed E-state index contributed by atoms with van der Waals surface area (Å²) in [7, 11) is 1.66. The smallest absolute Gasteiger partial charge is 0.251 e. The fraction of sp³-hybridized carbons (Fsp3) is 0.148. The van der Waals surface area contributed by atoms with Gasteiger partial charge in [-0.3, -0.25) is 4.79 Å². The molecule has 0 atom stereocenters. The van der Waals surface area contributed by atoms with Crippen LogP contribution in [-0.2, 0) is 6.54 Å². The molecule has 0 aliphatic rings. The highest BCUT2D eigenvalue weighted by Gasteiger charge is 2.05. The zero-order chi connectivity index (χ0) is 22.2. The SMILES string of the molecule is COc1ccc2cc(OCCOc3[c]c(CNC(=O)c4ccccc4)ccc3)ccc2c1. The summed E-state index contributed by atoms with van der Waals surface area (Å²) in [5.74, 6) is 2.11. The van der Waals surface area contributed by atoms with Gasteiger partial charge in [0.15, 0.2) is 0 Å². The first-order valence-electron chi connectivity index (χ1n) is 10.4. The maximum atomic E-state index is 12.2. The van der Waals surface area contributed by atoms with E-state index in [9.17, 15) is 4.79 Å². The maximum Gasteiger partial charge on any atom is 0.251 e. The number of amides is 1. The number of nitrogens with one attached hydrogen (secondary N) is 1. The number of fused-ring (bicyclic) bond motifs is 1. The highest BCUT2D eigenvalue weighted by molar-refractivity contribution is 5.94. The van der Waals surface area contributed by atoms with Crippen molar-refractivity contribution in [3.63, 3.8) is 0 Å². The van der Waals surface area contributed by atoms with Crippen LogP contribution < -0.4 is 19.5 Å². The second-order valence-corrected chi connectivity index (χ2v) is 7.16. The van der Waals surface area contributed by atoms with Crippen molar-refractivity contribution in [2.24, 2.45) is 0 Å². The Morgan fingerprint density at radius 2 is 1.53 bits per heavy atom. The zero-order valence-corrected chi connectivity index (χ0v) is 17.8. The molecule has 1 amide bonds. The lowest BCUT2D eigenvalue weighted by Crippen LogP contribution is -2.22. The molecule has 0 unspecified atom stereocenters. The molecular formula is C27H24NO4. The van der Waals surface area contributed by atoms with Crippen LogP contribution in [0.3, 0.4) is 0 Å². The molecule has 0 saturated carbocycles. The second-order valence-electron chi connectivity index (χ2n) is 7.16. The number of carbonyl (C=O) groups is 1. The third kappa shape index (κ3) is 5.58. The number of rotatable bonds is 9. The van der Waals surface area contributed by atoms with Gasteiger partial charge >= 0.3 is 0 Å². The van der Waals surface area contributed by atoms with E-state index in [0.29, 0.717) is 31.1 Å². The van der Waals surface area contributed by atoms with E-state index in [-0.39, 0.29) is 5.91 Å². The molecule has 0 fully saturated rings. The van der Waals surface area contributed by atoms with Gasteiger partial charge in [-0.1, -0.05) is 42.5 Å². The van der Waals surface area contributed by atoms with Gasteiger partial charge in [0.25, 0.3) is 5.91 Å². The summed E-state index contributed by atoms with van der Waals surface area (Å²) < 4.78 is 16.8. The number of hydrogen-bond acceptors (Lipinski definition) is 4. The zero-order valence-electron chi connectivity index (χ0n) is 17.8. The Kier molecular flexibility index (Phi) is 6.88. The van der Waals surface area contributed by atoms with Gasteiger partial charge in [0.1, 0.15) is 30.5 Å². The predicted molar refractivity (Wildman–Crippen MR) is 124 cm³/mol. The minimum absolute atomic E-state index is 0.118. The summed E-state index contributed by atoms with van der Waals surface area (Å²) >= 11 is 0. The van der Waals surface area contributed by atoms with Gasteiger partial charge in [0.05, 0.1) is 7.11 Å². The Morgan fingerprint density at radius 3 is 2.31 bits per heavy atom. The van der Waals surface area contributed by atoms with Crippen molar-refractivity contribution >= 4 is 16.7 Å². The molecule has 5 heteroatoms. The minimum atomic E-state index is -0.118. The average Bonchev–Trinajstić information content (AvgIpc) is 2.85. The topological polar surface area (TPSA) is 56.8 Å². The Morgan fingerprint density at radius 1 is 0.812 bits per heavy atom. The normalized spacial score (nSPS) is 10.5. The Hall–Kier alpha value is -3.99. The first kappa shape index (κ1) is 21.2. The van der Waals surface area contributed by atoms with Gasteiger partial charge in [-0.15, -0.1) is 0 Å². The third-order valence-electron chi connectivity index (χ3n) is 4.93. The monoisotopic (exact) mass is 426 g/mol. The van der Waals surface area contributed by atoms with E-state index < -0.39 is 0 Å². The number of methoxy groups -OCH3 is 1. The molecule has 0 heterocycles. The summed E-state index contributed by atoms with van der Waals surface area (Å²) in [6, 6.07) is 29.8. The fourth-order valence-electron chi connectivity index (χ4n) is 3.28. The molecule has 1 radical (unpaired) electrons. The van der Waals surface area contributed by atoms with E-state index in [0.717, 1.165) is 27.8 Å². The molecule has 1 N–H and O–H groups in total. The van der Waals surface area contributed by atoms with Crippen molar-refractivity contribution in [2.75, 3.05) is 20.3 Å². The number of carbonyl (C=O) groups excluding carboxylic acids is 1. The van der Waals surface area contributed by atoms with Crippen LogP contribution >= 0.6 is 0 Å². The molecule has 32 heavy (non-hydrogen) atoms. The van der Waals surface area contributed by atoms with Crippen LogP contribution in [-0.4, -0.2) is 26.2 Å². The van der Waals surface area contributed by atoms with Crippen LogP contribution in [0.25, 0.3) is 10.8 Å². The summed E-state index contributed by atoms with van der Waals surface area (Å²) in [4.78, 5) is 12.2. The van der Waals surface area contributed by atoms with Gasteiger partial charge in [0, 0.05) is 18.2 Å². The van der Waals surface area contributed by atoms with Crippen LogP contribution in [0.1, 0.15) is 15.9 Å². The standard InChI is InChI=1S/C27H24NO4/c1-30-24-12-10-23-18-26(13-11-22(23)17-24)32-15-14-31-25-9-5-6-20(16-25)19-28-27(29)21-7-3-2-4-8-21/h2-13,17-18H,14-15,19H2,1H3,(H,28,29). The van der Waals surface area contributed by atoms with Gasteiger partial charge in [-0.25, -0.2) is 0 Å². The summed E-state index contributed by atoms with van der Waals surface area (Å²) in [5, 5.41) is 5.08. The van der Waals surface area contributed by atoms with Crippen molar-refractivity contribution < 1.29 is 19.0 Å². The molecule has 4 rings (SSSR count). The predicted octanol–water partition coefficient (Wildman–Crippen LogP) is 5.04. The van der Waals surface area contributed by atoms with E-state index in [1.807, 2.05) is 72.8 Å². The largest absolute Gasteiger partial charge is 0.497 e. The van der Waals surface area contributed by atoms with Crippen molar-refractivity contribution in [1.82, 2.24) is 5.32 Å². The van der Waals surface area contributed by atoms with E-state index in [2.05, 4.69) is 11.4 Å². The minimum Gasteiger partial charge on any atom is -0.497 e. The highest BCUT2D eigenvalue weighted by Crippen LogP contribution is 2.24. The quantitative estimate of drug-likeness (QED) is 0.381. The Labute approximate surface area is 187 Å². The van der Waals surface area contributed by atoms with Crippen LogP contribution in [0.2, 0.25) is 0 Å². The Bertz CT molecular complexity index is 1190. The van der Waals surface area contributed by atoms with Crippen LogP contribution in [0.4, 0.5) is 0 Å². The first-order chi connectivity index (χ1) is 15.7. The number of benzene rings is 4. The third-order valence-corrected chi connectivity index (χ3v) is 4.93. The highest BCUT2D eigenvalue weighted by atomic mass is 16.5. The van der Waals surface area contributed by atoms with E-state index in [1.54, 1.807) is 19.2 Å². The van der Waals surface area contributed by atoms with Crippen molar-refractivity contribution in [2.45, 2.75) is 6.54 Å². The molecule has 5 nitrogen and oxygen atoms in total. The Balaban J connectivity index is 1.25. The fourth-order valence-corrected chi connectivity index (χ4v) is 3.28. The molecule has 0 saturated heterocycles. The van der Waals surface area contributed by atoms with Gasteiger partial charge in [0.2, 0.25) is 0 Å². The maximum absolute atomic E-state index is 12.2. The molecule has 0 aliphatic carbocycles. The molecule has 0 aromatic heterocycles. The van der Waals surface area contributed by atoms with E-state index in [1.165, 1.54) is 0 Å². The average molecular weight is 426 g/mol. The molecule has 0 aliphatic heterocycles. The summed E-state index contributed by atoms with van der Waals surface area (Å²) in [6.07, 6.45) is 0. The number of hydrogen-bond donors (Lipinski definition) is 1. The molecule has 161 valence electrons. The lowest BCUT2D eigenvalue weighted by molar-refractivity contribution is 0.0951. The molecule has 4 aromatic rings. The first-order valence-corrected chi connectivity index (χ1v) is 10.4. The van der Waals surface area contributed by atoms with Crippen LogP contribution in [0.5, 0.6) is 17.2 Å². The number of ether oxygens (including phenoxy) is 3. The second kappa shape index (κ2) is 10.4.